The highest BCUT2D eigenvalue weighted by atomic mass is 35.5. The lowest BCUT2D eigenvalue weighted by atomic mass is 10.1. The Morgan fingerprint density at radius 1 is 0.968 bits per heavy atom. The van der Waals surface area contributed by atoms with Gasteiger partial charge in [0, 0.05) is 5.02 Å². The van der Waals surface area contributed by atoms with Crippen LogP contribution in [0.25, 0.3) is 0 Å². The molecule has 3 aromatic carbocycles. The van der Waals surface area contributed by atoms with E-state index in [2.05, 4.69) is 10.5 Å². The number of hydrogen-bond acceptors (Lipinski definition) is 5. The maximum Gasteiger partial charge on any atom is 0.315 e. The van der Waals surface area contributed by atoms with Gasteiger partial charge in [0.15, 0.2) is 6.61 Å². The maximum atomic E-state index is 12.0. The molecule has 0 aliphatic heterocycles. The summed E-state index contributed by atoms with van der Waals surface area (Å²) in [6.45, 7) is -0.255. The Balaban J connectivity index is 1.43. The molecule has 1 amide bonds. The maximum absolute atomic E-state index is 12.0. The first-order chi connectivity index (χ1) is 15.0. The minimum atomic E-state index is -0.450. The van der Waals surface area contributed by atoms with E-state index in [0.717, 1.165) is 5.56 Å². The molecule has 0 bridgehead atoms. The molecule has 0 aromatic heterocycles. The molecular formula is C23H18Cl2N2O4. The van der Waals surface area contributed by atoms with Crippen LogP contribution in [0.2, 0.25) is 10.0 Å². The van der Waals surface area contributed by atoms with Gasteiger partial charge in [-0.3, -0.25) is 9.59 Å². The summed E-state index contributed by atoms with van der Waals surface area (Å²) in [6, 6.07) is 20.8. The molecule has 31 heavy (non-hydrogen) atoms. The highest BCUT2D eigenvalue weighted by Gasteiger charge is 2.07. The molecule has 0 unspecified atom stereocenters. The number of benzene rings is 3. The average molecular weight is 457 g/mol. The number of hydrazone groups is 1. The largest absolute Gasteiger partial charge is 0.482 e. The Hall–Kier alpha value is -3.35. The molecule has 6 nitrogen and oxygen atoms in total. The normalized spacial score (nSPS) is 10.6. The van der Waals surface area contributed by atoms with Crippen molar-refractivity contribution in [3.05, 3.63) is 94.0 Å². The van der Waals surface area contributed by atoms with E-state index in [1.54, 1.807) is 36.4 Å². The van der Waals surface area contributed by atoms with Crippen molar-refractivity contribution in [1.29, 1.82) is 0 Å². The Morgan fingerprint density at radius 2 is 1.71 bits per heavy atom. The van der Waals surface area contributed by atoms with Crippen molar-refractivity contribution in [2.24, 2.45) is 5.10 Å². The standard InChI is InChI=1S/C23H18Cl2N2O4/c24-18-8-11-21(20(25)13-18)30-15-22(28)27-26-14-17-6-9-19(10-7-17)31-23(29)12-16-4-2-1-3-5-16/h1-11,13-14H,12,15H2,(H,27,28)/b26-14+. The molecule has 0 aliphatic rings. The fraction of sp³-hybridized carbons (Fsp3) is 0.0870. The third-order valence-electron chi connectivity index (χ3n) is 3.96. The van der Waals surface area contributed by atoms with Crippen LogP contribution in [0, 0.1) is 0 Å². The third kappa shape index (κ3) is 7.44. The number of esters is 1. The summed E-state index contributed by atoms with van der Waals surface area (Å²) in [5, 5.41) is 4.66. The molecule has 0 heterocycles. The van der Waals surface area contributed by atoms with Gasteiger partial charge in [0.2, 0.25) is 0 Å². The summed E-state index contributed by atoms with van der Waals surface area (Å²) in [5.74, 6) is -0.0210. The molecule has 158 valence electrons. The van der Waals surface area contributed by atoms with E-state index in [-0.39, 0.29) is 19.0 Å². The van der Waals surface area contributed by atoms with Gasteiger partial charge in [-0.1, -0.05) is 53.5 Å². The van der Waals surface area contributed by atoms with Crippen LogP contribution in [0.4, 0.5) is 0 Å². The van der Waals surface area contributed by atoms with Crippen molar-refractivity contribution in [2.45, 2.75) is 6.42 Å². The number of carbonyl (C=O) groups is 2. The second-order valence-corrected chi connectivity index (χ2v) is 7.21. The first-order valence-electron chi connectivity index (χ1n) is 9.24. The Morgan fingerprint density at radius 3 is 2.42 bits per heavy atom. The summed E-state index contributed by atoms with van der Waals surface area (Å²) in [6.07, 6.45) is 1.65. The summed E-state index contributed by atoms with van der Waals surface area (Å²) >= 11 is 11.8. The zero-order valence-electron chi connectivity index (χ0n) is 16.3. The first-order valence-corrected chi connectivity index (χ1v) is 9.99. The second-order valence-electron chi connectivity index (χ2n) is 6.36. The third-order valence-corrected chi connectivity index (χ3v) is 4.49. The predicted molar refractivity (Wildman–Crippen MR) is 120 cm³/mol. The van der Waals surface area contributed by atoms with Gasteiger partial charge in [-0.2, -0.15) is 5.10 Å². The van der Waals surface area contributed by atoms with E-state index in [4.69, 9.17) is 32.7 Å². The predicted octanol–water partition coefficient (Wildman–Crippen LogP) is 4.67. The van der Waals surface area contributed by atoms with Gasteiger partial charge >= 0.3 is 5.97 Å². The zero-order chi connectivity index (χ0) is 22.1. The summed E-state index contributed by atoms with van der Waals surface area (Å²) < 4.78 is 10.6. The van der Waals surface area contributed by atoms with Gasteiger partial charge in [-0.25, -0.2) is 5.43 Å². The summed E-state index contributed by atoms with van der Waals surface area (Å²) in [4.78, 5) is 23.8. The molecule has 0 saturated heterocycles. The number of hydrogen-bond donors (Lipinski definition) is 1. The van der Waals surface area contributed by atoms with Crippen molar-refractivity contribution >= 4 is 41.3 Å². The molecule has 0 atom stereocenters. The molecule has 0 fully saturated rings. The number of carbonyl (C=O) groups excluding carboxylic acids is 2. The molecule has 1 N–H and O–H groups in total. The molecule has 0 aliphatic carbocycles. The van der Waals surface area contributed by atoms with Gasteiger partial charge < -0.3 is 9.47 Å². The zero-order valence-corrected chi connectivity index (χ0v) is 17.8. The molecular weight excluding hydrogens is 439 g/mol. The van der Waals surface area contributed by atoms with Crippen LogP contribution >= 0.6 is 23.2 Å². The van der Waals surface area contributed by atoms with Gasteiger partial charge in [-0.05, 0) is 53.6 Å². The number of amides is 1. The lowest BCUT2D eigenvalue weighted by molar-refractivity contribution is -0.133. The Bertz CT molecular complexity index is 1070. The van der Waals surface area contributed by atoms with E-state index in [0.29, 0.717) is 27.1 Å². The highest BCUT2D eigenvalue weighted by molar-refractivity contribution is 6.35. The lowest BCUT2D eigenvalue weighted by Crippen LogP contribution is -2.24. The molecule has 3 rings (SSSR count). The van der Waals surface area contributed by atoms with Gasteiger partial charge in [0.1, 0.15) is 11.5 Å². The van der Waals surface area contributed by atoms with Crippen LogP contribution in [0.3, 0.4) is 0 Å². The fourth-order valence-corrected chi connectivity index (χ4v) is 2.96. The topological polar surface area (TPSA) is 77.0 Å². The Labute approximate surface area is 189 Å². The quantitative estimate of drug-likeness (QED) is 0.231. The molecule has 3 aromatic rings. The van der Waals surface area contributed by atoms with Gasteiger partial charge in [0.25, 0.3) is 5.91 Å². The molecule has 8 heteroatoms. The van der Waals surface area contributed by atoms with Crippen molar-refractivity contribution in [3.63, 3.8) is 0 Å². The van der Waals surface area contributed by atoms with Crippen LogP contribution in [-0.4, -0.2) is 24.7 Å². The monoisotopic (exact) mass is 456 g/mol. The van der Waals surface area contributed by atoms with Crippen molar-refractivity contribution in [1.82, 2.24) is 5.43 Å². The van der Waals surface area contributed by atoms with E-state index in [9.17, 15) is 9.59 Å². The fourth-order valence-electron chi connectivity index (χ4n) is 2.50. The number of nitrogens with zero attached hydrogens (tertiary/aromatic N) is 1. The Kier molecular flexibility index (Phi) is 8.04. The lowest BCUT2D eigenvalue weighted by Gasteiger charge is -2.07. The van der Waals surface area contributed by atoms with Gasteiger partial charge in [-0.15, -0.1) is 0 Å². The van der Waals surface area contributed by atoms with Crippen molar-refractivity contribution in [2.75, 3.05) is 6.61 Å². The minimum absolute atomic E-state index is 0.194. The number of ether oxygens (including phenoxy) is 2. The van der Waals surface area contributed by atoms with Crippen LogP contribution in [0.5, 0.6) is 11.5 Å². The van der Waals surface area contributed by atoms with Crippen molar-refractivity contribution < 1.29 is 19.1 Å². The summed E-state index contributed by atoms with van der Waals surface area (Å²) in [7, 11) is 0. The van der Waals surface area contributed by atoms with Crippen LogP contribution < -0.4 is 14.9 Å². The molecule has 0 spiro atoms. The summed E-state index contributed by atoms with van der Waals surface area (Å²) in [5.41, 5.74) is 3.95. The van der Waals surface area contributed by atoms with Gasteiger partial charge in [0.05, 0.1) is 17.7 Å². The highest BCUT2D eigenvalue weighted by Crippen LogP contribution is 2.27. The van der Waals surface area contributed by atoms with E-state index in [1.165, 1.54) is 12.3 Å². The van der Waals surface area contributed by atoms with E-state index in [1.807, 2.05) is 30.3 Å². The van der Waals surface area contributed by atoms with Crippen LogP contribution in [0.1, 0.15) is 11.1 Å². The number of rotatable bonds is 8. The number of halogens is 2. The van der Waals surface area contributed by atoms with Crippen LogP contribution in [0.15, 0.2) is 77.9 Å². The average Bonchev–Trinajstić information content (AvgIpc) is 2.75. The molecule has 0 saturated carbocycles. The van der Waals surface area contributed by atoms with Crippen LogP contribution in [-0.2, 0) is 16.0 Å². The second kappa shape index (κ2) is 11.2. The van der Waals surface area contributed by atoms with Crippen molar-refractivity contribution in [3.8, 4) is 11.5 Å². The van der Waals surface area contributed by atoms with E-state index < -0.39 is 5.91 Å². The number of nitrogens with one attached hydrogen (secondary N) is 1. The minimum Gasteiger partial charge on any atom is -0.482 e. The molecule has 0 radical (unpaired) electrons. The first kappa shape index (κ1) is 22.3. The smallest absolute Gasteiger partial charge is 0.315 e. The van der Waals surface area contributed by atoms with E-state index >= 15 is 0 Å². The SMILES string of the molecule is O=C(COc1ccc(Cl)cc1Cl)N/N=C/c1ccc(OC(=O)Cc2ccccc2)cc1.